The topological polar surface area (TPSA) is 35.8 Å². The Balaban J connectivity index is 1.93. The van der Waals surface area contributed by atoms with Crippen LogP contribution in [0, 0.1) is 23.0 Å². The van der Waals surface area contributed by atoms with Gasteiger partial charge in [-0.2, -0.15) is 5.26 Å². The Morgan fingerprint density at radius 2 is 2.05 bits per heavy atom. The van der Waals surface area contributed by atoms with Crippen LogP contribution >= 0.6 is 11.3 Å². The van der Waals surface area contributed by atoms with Gasteiger partial charge in [-0.3, -0.25) is 0 Å². The van der Waals surface area contributed by atoms with E-state index in [1.165, 1.54) is 29.5 Å². The summed E-state index contributed by atoms with van der Waals surface area (Å²) in [6.07, 6.45) is 0.287. The molecule has 2 rings (SSSR count). The molecule has 0 aliphatic rings. The van der Waals surface area contributed by atoms with Crippen molar-refractivity contribution in [2.75, 3.05) is 0 Å². The van der Waals surface area contributed by atoms with Gasteiger partial charge < -0.3 is 5.32 Å². The molecule has 1 heterocycles. The van der Waals surface area contributed by atoms with Crippen molar-refractivity contribution in [3.63, 3.8) is 0 Å². The van der Waals surface area contributed by atoms with Crippen LogP contribution in [-0.2, 0) is 13.0 Å². The van der Waals surface area contributed by atoms with E-state index in [0.717, 1.165) is 4.88 Å². The molecular weight excluding hydrogens is 278 g/mol. The minimum absolute atomic E-state index is 0.0611. The van der Waals surface area contributed by atoms with E-state index in [2.05, 4.69) is 11.4 Å². The molecule has 0 aliphatic carbocycles. The zero-order valence-electron chi connectivity index (χ0n) is 11.0. The lowest BCUT2D eigenvalue weighted by atomic mass is 10.1. The minimum atomic E-state index is -0.512. The average Bonchev–Trinajstić information content (AvgIpc) is 2.89. The summed E-state index contributed by atoms with van der Waals surface area (Å²) in [4.78, 5) is 1.03. The quantitative estimate of drug-likeness (QED) is 0.913. The zero-order chi connectivity index (χ0) is 14.5. The van der Waals surface area contributed by atoms with Gasteiger partial charge in [0.15, 0.2) is 0 Å². The molecule has 0 aliphatic heterocycles. The first kappa shape index (κ1) is 14.6. The summed E-state index contributed by atoms with van der Waals surface area (Å²) in [6.45, 7) is 2.47. The zero-order valence-corrected chi connectivity index (χ0v) is 11.8. The molecule has 0 amide bonds. The molecule has 104 valence electrons. The Hall–Kier alpha value is -1.77. The molecule has 0 saturated heterocycles. The van der Waals surface area contributed by atoms with Crippen LogP contribution in [0.4, 0.5) is 8.78 Å². The first-order chi connectivity index (χ1) is 9.60. The average molecular weight is 292 g/mol. The molecule has 1 aromatic carbocycles. The van der Waals surface area contributed by atoms with Crippen molar-refractivity contribution in [3.05, 3.63) is 57.3 Å². The first-order valence-corrected chi connectivity index (χ1v) is 7.12. The smallest absolute Gasteiger partial charge is 0.129 e. The molecule has 2 aromatic rings. The number of rotatable bonds is 5. The maximum Gasteiger partial charge on any atom is 0.129 e. The maximum atomic E-state index is 13.5. The normalized spacial score (nSPS) is 12.1. The van der Waals surface area contributed by atoms with Crippen molar-refractivity contribution in [2.24, 2.45) is 0 Å². The van der Waals surface area contributed by atoms with Gasteiger partial charge in [0.1, 0.15) is 17.7 Å². The van der Waals surface area contributed by atoms with Crippen LogP contribution in [0.25, 0.3) is 0 Å². The Morgan fingerprint density at radius 3 is 2.65 bits per heavy atom. The maximum absolute atomic E-state index is 13.5. The highest BCUT2D eigenvalue weighted by molar-refractivity contribution is 7.10. The van der Waals surface area contributed by atoms with Crippen LogP contribution in [0.5, 0.6) is 0 Å². The standard InChI is InChI=1S/C15H14F2N2S/c1-10(5-13-14(16)3-2-4-15(13)17)19-8-12-6-11(7-18)9-20-12/h2-4,6,9-10,19H,5,8H2,1H3. The van der Waals surface area contributed by atoms with Crippen LogP contribution in [0.1, 0.15) is 22.9 Å². The number of hydrogen-bond acceptors (Lipinski definition) is 3. The van der Waals surface area contributed by atoms with Crippen molar-refractivity contribution in [1.29, 1.82) is 5.26 Å². The lowest BCUT2D eigenvalue weighted by Crippen LogP contribution is -2.28. The summed E-state index contributed by atoms with van der Waals surface area (Å²) in [5, 5.41) is 13.7. The number of hydrogen-bond donors (Lipinski definition) is 1. The van der Waals surface area contributed by atoms with Crippen LogP contribution in [0.2, 0.25) is 0 Å². The molecule has 0 radical (unpaired) electrons. The van der Waals surface area contributed by atoms with Crippen molar-refractivity contribution in [2.45, 2.75) is 25.9 Å². The summed E-state index contributed by atoms with van der Waals surface area (Å²) < 4.78 is 27.0. The molecule has 0 bridgehead atoms. The second-order valence-corrected chi connectivity index (χ2v) is 5.60. The number of nitrogens with zero attached hydrogens (tertiary/aromatic N) is 1. The Labute approximate surface area is 120 Å². The summed E-state index contributed by atoms with van der Waals surface area (Å²) in [7, 11) is 0. The fourth-order valence-corrected chi connectivity index (χ4v) is 2.67. The van der Waals surface area contributed by atoms with Crippen molar-refractivity contribution in [1.82, 2.24) is 5.32 Å². The second kappa shape index (κ2) is 6.60. The number of thiophene rings is 1. The van der Waals surface area contributed by atoms with Crippen LogP contribution < -0.4 is 5.32 Å². The molecular formula is C15H14F2N2S. The third-order valence-electron chi connectivity index (χ3n) is 2.98. The molecule has 1 aromatic heterocycles. The molecule has 1 atom stereocenters. The van der Waals surface area contributed by atoms with Gasteiger partial charge in [0.25, 0.3) is 0 Å². The first-order valence-electron chi connectivity index (χ1n) is 6.24. The number of halogens is 2. The van der Waals surface area contributed by atoms with Gasteiger partial charge in [-0.05, 0) is 31.5 Å². The summed E-state index contributed by atoms with van der Waals surface area (Å²) in [5.74, 6) is -1.02. The highest BCUT2D eigenvalue weighted by Crippen LogP contribution is 2.16. The number of nitriles is 1. The van der Waals surface area contributed by atoms with Crippen molar-refractivity contribution in [3.8, 4) is 6.07 Å². The van der Waals surface area contributed by atoms with Crippen molar-refractivity contribution >= 4 is 11.3 Å². The van der Waals surface area contributed by atoms with Gasteiger partial charge in [-0.1, -0.05) is 6.07 Å². The van der Waals surface area contributed by atoms with E-state index in [-0.39, 0.29) is 18.0 Å². The van der Waals surface area contributed by atoms with Gasteiger partial charge in [-0.15, -0.1) is 11.3 Å². The highest BCUT2D eigenvalue weighted by Gasteiger charge is 2.12. The molecule has 1 unspecified atom stereocenters. The minimum Gasteiger partial charge on any atom is -0.309 e. The lowest BCUT2D eigenvalue weighted by molar-refractivity contribution is 0.501. The fraction of sp³-hybridized carbons (Fsp3) is 0.267. The summed E-state index contributed by atoms with van der Waals surface area (Å²) in [5.41, 5.74) is 0.746. The lowest BCUT2D eigenvalue weighted by Gasteiger charge is -2.14. The van der Waals surface area contributed by atoms with E-state index in [0.29, 0.717) is 12.1 Å². The van der Waals surface area contributed by atoms with Gasteiger partial charge in [0.05, 0.1) is 5.56 Å². The monoisotopic (exact) mass is 292 g/mol. The summed E-state index contributed by atoms with van der Waals surface area (Å²) in [6, 6.07) is 7.72. The Kier molecular flexibility index (Phi) is 4.83. The number of nitrogens with one attached hydrogen (secondary N) is 1. The fourth-order valence-electron chi connectivity index (χ4n) is 1.91. The van der Waals surface area contributed by atoms with Crippen LogP contribution in [0.15, 0.2) is 29.6 Å². The Bertz CT molecular complexity index is 611. The SMILES string of the molecule is CC(Cc1c(F)cccc1F)NCc1cc(C#N)cs1. The largest absolute Gasteiger partial charge is 0.309 e. The van der Waals surface area contributed by atoms with Crippen LogP contribution in [0.3, 0.4) is 0 Å². The molecule has 1 N–H and O–H groups in total. The molecule has 0 fully saturated rings. The van der Waals surface area contributed by atoms with Crippen LogP contribution in [-0.4, -0.2) is 6.04 Å². The Morgan fingerprint density at radius 1 is 1.35 bits per heavy atom. The van der Waals surface area contributed by atoms with E-state index < -0.39 is 11.6 Å². The molecule has 0 saturated carbocycles. The van der Waals surface area contributed by atoms with E-state index >= 15 is 0 Å². The van der Waals surface area contributed by atoms with Gasteiger partial charge in [0.2, 0.25) is 0 Å². The van der Waals surface area contributed by atoms with E-state index in [1.807, 2.05) is 13.0 Å². The van der Waals surface area contributed by atoms with E-state index in [4.69, 9.17) is 5.26 Å². The summed E-state index contributed by atoms with van der Waals surface area (Å²) >= 11 is 1.50. The van der Waals surface area contributed by atoms with E-state index in [9.17, 15) is 8.78 Å². The third kappa shape index (κ3) is 3.62. The predicted octanol–water partition coefficient (Wildman–Crippen LogP) is 3.62. The third-order valence-corrected chi connectivity index (χ3v) is 3.92. The van der Waals surface area contributed by atoms with Gasteiger partial charge >= 0.3 is 0 Å². The molecule has 5 heteroatoms. The van der Waals surface area contributed by atoms with Crippen molar-refractivity contribution < 1.29 is 8.78 Å². The molecule has 0 spiro atoms. The van der Waals surface area contributed by atoms with E-state index in [1.54, 1.807) is 5.38 Å². The molecule has 20 heavy (non-hydrogen) atoms. The predicted molar refractivity (Wildman–Crippen MR) is 75.4 cm³/mol. The van der Waals surface area contributed by atoms with Gasteiger partial charge in [-0.25, -0.2) is 8.78 Å². The molecule has 2 nitrogen and oxygen atoms in total. The highest BCUT2D eigenvalue weighted by atomic mass is 32.1. The number of benzene rings is 1. The second-order valence-electron chi connectivity index (χ2n) is 4.60. The van der Waals surface area contributed by atoms with Gasteiger partial charge in [0, 0.05) is 28.4 Å².